The number of aromatic nitrogens is 1. The molecule has 1 aromatic heterocycles. The van der Waals surface area contributed by atoms with E-state index in [2.05, 4.69) is 10.5 Å². The highest BCUT2D eigenvalue weighted by Gasteiger charge is 2.37. The SMILES string of the molecule is N#CC(C(=O)Nc1ccccc1)C(=O)c1noc2c1-c1cccc3cccc-2c13. The van der Waals surface area contributed by atoms with E-state index in [9.17, 15) is 14.9 Å². The molecule has 1 aliphatic carbocycles. The Balaban J connectivity index is 1.54. The second-order valence-electron chi connectivity index (χ2n) is 6.73. The van der Waals surface area contributed by atoms with E-state index in [0.29, 0.717) is 17.0 Å². The Morgan fingerprint density at radius 3 is 2.41 bits per heavy atom. The fourth-order valence-corrected chi connectivity index (χ4v) is 3.74. The van der Waals surface area contributed by atoms with E-state index in [4.69, 9.17) is 4.52 Å². The molecule has 29 heavy (non-hydrogen) atoms. The van der Waals surface area contributed by atoms with Crippen LogP contribution in [0.2, 0.25) is 0 Å². The zero-order chi connectivity index (χ0) is 20.0. The Bertz CT molecular complexity index is 1330. The summed E-state index contributed by atoms with van der Waals surface area (Å²) in [5.74, 6) is -2.43. The van der Waals surface area contributed by atoms with Crippen LogP contribution in [0.4, 0.5) is 5.69 Å². The lowest BCUT2D eigenvalue weighted by Crippen LogP contribution is -2.29. The fraction of sp³-hybridized carbons (Fsp3) is 0.0435. The highest BCUT2D eigenvalue weighted by molar-refractivity contribution is 6.22. The van der Waals surface area contributed by atoms with Gasteiger partial charge in [0, 0.05) is 16.6 Å². The lowest BCUT2D eigenvalue weighted by molar-refractivity contribution is -0.117. The zero-order valence-electron chi connectivity index (χ0n) is 15.0. The number of hydrogen-bond donors (Lipinski definition) is 1. The average Bonchev–Trinajstić information content (AvgIpc) is 3.31. The normalized spacial score (nSPS) is 12.2. The number of carbonyl (C=O) groups excluding carboxylic acids is 2. The van der Waals surface area contributed by atoms with Gasteiger partial charge in [-0.25, -0.2) is 0 Å². The standard InChI is InChI=1S/C23H13N3O3/c24-12-17(23(28)25-14-8-2-1-3-9-14)21(27)20-19-15-10-4-6-13-7-5-11-16(18(13)15)22(19)29-26-20/h1-11,17H,(H,25,28). The minimum absolute atomic E-state index is 0.00142. The summed E-state index contributed by atoms with van der Waals surface area (Å²) in [5.41, 5.74) is 2.71. The van der Waals surface area contributed by atoms with Crippen molar-refractivity contribution in [3.05, 3.63) is 72.4 Å². The van der Waals surface area contributed by atoms with Gasteiger partial charge in [0.25, 0.3) is 0 Å². The summed E-state index contributed by atoms with van der Waals surface area (Å²) in [6.45, 7) is 0. The predicted molar refractivity (Wildman–Crippen MR) is 107 cm³/mol. The third kappa shape index (κ3) is 2.52. The van der Waals surface area contributed by atoms with Crippen molar-refractivity contribution in [2.24, 2.45) is 5.92 Å². The summed E-state index contributed by atoms with van der Waals surface area (Å²) in [4.78, 5) is 25.7. The van der Waals surface area contributed by atoms with Crippen LogP contribution in [0.1, 0.15) is 10.5 Å². The maximum absolute atomic E-state index is 13.1. The molecule has 138 valence electrons. The van der Waals surface area contributed by atoms with Crippen LogP contribution in [0.15, 0.2) is 71.3 Å². The lowest BCUT2D eigenvalue weighted by atomic mass is 9.96. The monoisotopic (exact) mass is 379 g/mol. The van der Waals surface area contributed by atoms with Crippen LogP contribution in [0.5, 0.6) is 0 Å². The Morgan fingerprint density at radius 1 is 0.966 bits per heavy atom. The molecule has 1 unspecified atom stereocenters. The first-order chi connectivity index (χ1) is 14.2. The smallest absolute Gasteiger partial charge is 0.249 e. The molecule has 0 radical (unpaired) electrons. The van der Waals surface area contributed by atoms with E-state index in [-0.39, 0.29) is 5.69 Å². The molecule has 0 bridgehead atoms. The number of anilines is 1. The number of nitrogens with one attached hydrogen (secondary N) is 1. The van der Waals surface area contributed by atoms with Crippen molar-refractivity contribution in [1.29, 1.82) is 5.26 Å². The van der Waals surface area contributed by atoms with Crippen LogP contribution in [-0.2, 0) is 4.79 Å². The molecule has 5 rings (SSSR count). The molecule has 0 aliphatic heterocycles. The molecule has 6 nitrogen and oxygen atoms in total. The number of rotatable bonds is 4. The average molecular weight is 379 g/mol. The number of hydrogen-bond acceptors (Lipinski definition) is 5. The summed E-state index contributed by atoms with van der Waals surface area (Å²) in [7, 11) is 0. The summed E-state index contributed by atoms with van der Waals surface area (Å²) < 4.78 is 5.48. The predicted octanol–water partition coefficient (Wildman–Crippen LogP) is 4.44. The molecular weight excluding hydrogens is 366 g/mol. The van der Waals surface area contributed by atoms with Gasteiger partial charge in [-0.1, -0.05) is 59.8 Å². The van der Waals surface area contributed by atoms with Crippen molar-refractivity contribution in [1.82, 2.24) is 5.16 Å². The van der Waals surface area contributed by atoms with Gasteiger partial charge in [0.2, 0.25) is 11.7 Å². The number of Topliss-reactive ketones (excluding diaryl/α,β-unsaturated/α-hetero) is 1. The highest BCUT2D eigenvalue weighted by Crippen LogP contribution is 2.48. The van der Waals surface area contributed by atoms with E-state index in [1.54, 1.807) is 36.4 Å². The highest BCUT2D eigenvalue weighted by atomic mass is 16.5. The molecule has 1 heterocycles. The van der Waals surface area contributed by atoms with Crippen molar-refractivity contribution < 1.29 is 14.1 Å². The summed E-state index contributed by atoms with van der Waals surface area (Å²) >= 11 is 0. The van der Waals surface area contributed by atoms with Gasteiger partial charge in [-0.15, -0.1) is 0 Å². The van der Waals surface area contributed by atoms with Crippen molar-refractivity contribution in [3.8, 4) is 28.5 Å². The molecule has 0 saturated heterocycles. The van der Waals surface area contributed by atoms with Crippen LogP contribution in [0.25, 0.3) is 33.2 Å². The molecule has 0 spiro atoms. The lowest BCUT2D eigenvalue weighted by Gasteiger charge is -2.09. The van der Waals surface area contributed by atoms with Crippen molar-refractivity contribution in [2.75, 3.05) is 5.32 Å². The van der Waals surface area contributed by atoms with Gasteiger partial charge in [0.15, 0.2) is 17.4 Å². The first kappa shape index (κ1) is 16.9. The van der Waals surface area contributed by atoms with E-state index < -0.39 is 17.6 Å². The minimum atomic E-state index is -1.53. The van der Waals surface area contributed by atoms with E-state index in [0.717, 1.165) is 21.9 Å². The van der Waals surface area contributed by atoms with E-state index in [1.165, 1.54) is 0 Å². The summed E-state index contributed by atoms with van der Waals surface area (Å²) in [5, 5.41) is 18.0. The maximum Gasteiger partial charge on any atom is 0.249 e. The van der Waals surface area contributed by atoms with Gasteiger partial charge in [0.05, 0.1) is 11.6 Å². The number of carbonyl (C=O) groups is 2. The molecule has 0 fully saturated rings. The molecule has 1 atom stereocenters. The van der Waals surface area contributed by atoms with Gasteiger partial charge in [-0.3, -0.25) is 9.59 Å². The molecule has 3 aromatic carbocycles. The number of para-hydroxylation sites is 1. The first-order valence-electron chi connectivity index (χ1n) is 9.01. The van der Waals surface area contributed by atoms with Crippen molar-refractivity contribution in [2.45, 2.75) is 0 Å². The van der Waals surface area contributed by atoms with E-state index >= 15 is 0 Å². The van der Waals surface area contributed by atoms with Crippen LogP contribution in [0, 0.1) is 17.2 Å². The molecule has 6 heteroatoms. The second kappa shape index (κ2) is 6.43. The second-order valence-corrected chi connectivity index (χ2v) is 6.73. The quantitative estimate of drug-likeness (QED) is 0.368. The Labute approximate surface area is 165 Å². The largest absolute Gasteiger partial charge is 0.355 e. The fourth-order valence-electron chi connectivity index (χ4n) is 3.74. The topological polar surface area (TPSA) is 96.0 Å². The number of fused-ring (bicyclic) bond motifs is 3. The number of nitriles is 1. The van der Waals surface area contributed by atoms with Gasteiger partial charge < -0.3 is 9.84 Å². The van der Waals surface area contributed by atoms with Crippen molar-refractivity contribution >= 4 is 28.2 Å². The number of amides is 1. The molecule has 1 N–H and O–H groups in total. The maximum atomic E-state index is 13.1. The third-order valence-corrected chi connectivity index (χ3v) is 5.04. The molecular formula is C23H13N3O3. The molecule has 1 amide bonds. The number of nitrogens with zero attached hydrogens (tertiary/aromatic N) is 2. The number of benzene rings is 3. The van der Waals surface area contributed by atoms with Crippen molar-refractivity contribution in [3.63, 3.8) is 0 Å². The van der Waals surface area contributed by atoms with Crippen LogP contribution in [-0.4, -0.2) is 16.8 Å². The van der Waals surface area contributed by atoms with Gasteiger partial charge in [0.1, 0.15) is 0 Å². The number of ketones is 1. The first-order valence-corrected chi connectivity index (χ1v) is 9.01. The zero-order valence-corrected chi connectivity index (χ0v) is 15.0. The van der Waals surface area contributed by atoms with Gasteiger partial charge >= 0.3 is 0 Å². The molecule has 0 saturated carbocycles. The van der Waals surface area contributed by atoms with E-state index in [1.807, 2.05) is 36.4 Å². The van der Waals surface area contributed by atoms with Gasteiger partial charge in [-0.05, 0) is 23.1 Å². The Kier molecular flexibility index (Phi) is 3.75. The Morgan fingerprint density at radius 2 is 1.69 bits per heavy atom. The van der Waals surface area contributed by atoms with Crippen LogP contribution in [0.3, 0.4) is 0 Å². The third-order valence-electron chi connectivity index (χ3n) is 5.04. The molecule has 4 aromatic rings. The summed E-state index contributed by atoms with van der Waals surface area (Å²) in [6.07, 6.45) is 0. The molecule has 1 aliphatic rings. The van der Waals surface area contributed by atoms with Crippen LogP contribution < -0.4 is 5.32 Å². The van der Waals surface area contributed by atoms with Crippen LogP contribution >= 0.6 is 0 Å². The van der Waals surface area contributed by atoms with Gasteiger partial charge in [-0.2, -0.15) is 5.26 Å². The minimum Gasteiger partial charge on any atom is -0.355 e. The Hall–Kier alpha value is -4.24. The summed E-state index contributed by atoms with van der Waals surface area (Å²) in [6, 6.07) is 22.0.